The number of carbonyl (C=O) groups is 4. The van der Waals surface area contributed by atoms with Crippen LogP contribution in [0.25, 0.3) is 11.1 Å². The number of hydrogen-bond donors (Lipinski definition) is 4. The predicted octanol–water partition coefficient (Wildman–Crippen LogP) is 5.63. The van der Waals surface area contributed by atoms with Crippen LogP contribution in [0, 0.1) is 11.8 Å². The van der Waals surface area contributed by atoms with Crippen molar-refractivity contribution < 1.29 is 48.0 Å². The maximum Gasteiger partial charge on any atom is 0.407 e. The zero-order chi connectivity index (χ0) is 40.8. The Kier molecular flexibility index (Phi) is 19.6. The first-order valence-corrected chi connectivity index (χ1v) is 19.9. The first-order valence-electron chi connectivity index (χ1n) is 19.9. The number of anilines is 1. The average molecular weight is 790 g/mol. The zero-order valence-electron chi connectivity index (χ0n) is 33.5. The molecule has 4 N–H and O–H groups in total. The van der Waals surface area contributed by atoms with E-state index in [0.29, 0.717) is 76.7 Å². The number of amides is 3. The Balaban J connectivity index is 1.24. The lowest BCUT2D eigenvalue weighted by atomic mass is 9.89. The van der Waals surface area contributed by atoms with Crippen LogP contribution in [0.2, 0.25) is 0 Å². The van der Waals surface area contributed by atoms with E-state index >= 15 is 0 Å². The van der Waals surface area contributed by atoms with E-state index in [0.717, 1.165) is 22.3 Å². The minimum Gasteiger partial charge on any atom is -0.449 e. The lowest BCUT2D eigenvalue weighted by Gasteiger charge is -2.24. The smallest absolute Gasteiger partial charge is 0.407 e. The van der Waals surface area contributed by atoms with Crippen LogP contribution in [0.4, 0.5) is 10.5 Å². The molecule has 2 atom stereocenters. The molecule has 0 fully saturated rings. The Labute approximate surface area is 336 Å². The summed E-state index contributed by atoms with van der Waals surface area (Å²) in [6.45, 7) is 7.13. The number of ketones is 1. The Morgan fingerprint density at radius 3 is 1.95 bits per heavy atom. The van der Waals surface area contributed by atoms with Gasteiger partial charge in [-0.1, -0.05) is 80.9 Å². The number of benzene rings is 3. The van der Waals surface area contributed by atoms with Crippen molar-refractivity contribution in [1.82, 2.24) is 10.6 Å². The van der Waals surface area contributed by atoms with Gasteiger partial charge in [-0.15, -0.1) is 0 Å². The van der Waals surface area contributed by atoms with Gasteiger partial charge >= 0.3 is 6.09 Å². The average Bonchev–Trinajstić information content (AvgIpc) is 3.54. The maximum absolute atomic E-state index is 13.8. The van der Waals surface area contributed by atoms with Gasteiger partial charge in [0, 0.05) is 44.0 Å². The molecule has 1 aliphatic carbocycles. The Hall–Kier alpha value is -4.66. The molecule has 3 aromatic rings. The highest BCUT2D eigenvalue weighted by molar-refractivity contribution is 5.97. The standard InChI is InChI=1S/C44H59N3O10/c1-31(2)42(47-44(52)57-30-39-37-13-6-4-11-35(37)36-12-5-7-14-38(36)39)40(49)28-33(43(51)46-34-17-15-32(29-48)16-18-34)10-8-9-20-45-41(50)19-21-54-24-25-56-27-26-55-23-22-53-3/h4-7,11-18,31,33,39,42,48H,8-10,19-30H2,1-3H3,(H,45,50)(H,46,51)(H,47,52)/t33-,42+/m1/s1. The van der Waals surface area contributed by atoms with E-state index in [1.54, 1.807) is 31.4 Å². The molecule has 0 saturated carbocycles. The van der Waals surface area contributed by atoms with E-state index in [1.807, 2.05) is 50.2 Å². The number of alkyl carbamates (subject to hydrolysis) is 1. The fourth-order valence-electron chi connectivity index (χ4n) is 6.70. The van der Waals surface area contributed by atoms with Gasteiger partial charge in [-0.3, -0.25) is 14.4 Å². The molecule has 13 heteroatoms. The number of carbonyl (C=O) groups excluding carboxylic acids is 4. The fraction of sp³-hybridized carbons (Fsp3) is 0.500. The lowest BCUT2D eigenvalue weighted by molar-refractivity contribution is -0.128. The Bertz CT molecular complexity index is 1650. The summed E-state index contributed by atoms with van der Waals surface area (Å²) in [5.74, 6) is -1.82. The number of aliphatic hydroxyl groups is 1. The van der Waals surface area contributed by atoms with Crippen molar-refractivity contribution >= 4 is 29.4 Å². The summed E-state index contributed by atoms with van der Waals surface area (Å²) in [4.78, 5) is 52.9. The summed E-state index contributed by atoms with van der Waals surface area (Å²) in [7, 11) is 1.62. The van der Waals surface area contributed by atoms with E-state index < -0.39 is 18.1 Å². The molecule has 0 unspecified atom stereocenters. The first-order chi connectivity index (χ1) is 27.7. The second-order valence-electron chi connectivity index (χ2n) is 14.3. The van der Waals surface area contributed by atoms with Crippen molar-refractivity contribution in [2.75, 3.05) is 71.8 Å². The number of ether oxygens (including phenoxy) is 5. The SMILES string of the molecule is COCCOCCOCCOCCC(=O)NCCCC[C@H](CC(=O)[C@@H](NC(=O)OCC1c2ccccc2-c2ccccc21)C(C)C)C(=O)Nc1ccc(CO)cc1. The van der Waals surface area contributed by atoms with Crippen molar-refractivity contribution in [3.63, 3.8) is 0 Å². The molecular weight excluding hydrogens is 730 g/mol. The van der Waals surface area contributed by atoms with Crippen LogP contribution in [0.15, 0.2) is 72.8 Å². The van der Waals surface area contributed by atoms with Gasteiger partial charge in [0.15, 0.2) is 5.78 Å². The molecule has 310 valence electrons. The Morgan fingerprint density at radius 1 is 0.754 bits per heavy atom. The van der Waals surface area contributed by atoms with Gasteiger partial charge in [0.1, 0.15) is 6.61 Å². The van der Waals surface area contributed by atoms with Gasteiger partial charge in [0.2, 0.25) is 11.8 Å². The third-order valence-electron chi connectivity index (χ3n) is 9.80. The highest BCUT2D eigenvalue weighted by atomic mass is 16.6. The van der Waals surface area contributed by atoms with Gasteiger partial charge in [-0.2, -0.15) is 0 Å². The minimum atomic E-state index is -0.868. The highest BCUT2D eigenvalue weighted by Gasteiger charge is 2.32. The molecule has 0 spiro atoms. The molecule has 0 bridgehead atoms. The molecular formula is C44H59N3O10. The molecule has 13 nitrogen and oxygen atoms in total. The molecule has 4 rings (SSSR count). The molecule has 0 aliphatic heterocycles. The quantitative estimate of drug-likeness (QED) is 0.0711. The number of nitrogens with one attached hydrogen (secondary N) is 3. The topological polar surface area (TPSA) is 171 Å². The van der Waals surface area contributed by atoms with Crippen LogP contribution in [0.1, 0.15) is 68.6 Å². The van der Waals surface area contributed by atoms with Crippen LogP contribution in [0.3, 0.4) is 0 Å². The van der Waals surface area contributed by atoms with E-state index in [1.165, 1.54) is 0 Å². The van der Waals surface area contributed by atoms with Crippen LogP contribution in [-0.2, 0) is 44.7 Å². The van der Waals surface area contributed by atoms with Crippen LogP contribution < -0.4 is 16.0 Å². The number of aliphatic hydroxyl groups excluding tert-OH is 1. The van der Waals surface area contributed by atoms with Gasteiger partial charge in [-0.25, -0.2) is 4.79 Å². The van der Waals surface area contributed by atoms with Gasteiger partial charge < -0.3 is 44.7 Å². The normalized spacial score (nSPS) is 13.1. The number of Topliss-reactive ketones (excluding diaryl/α,β-unsaturated/α-hetero) is 1. The summed E-state index contributed by atoms with van der Waals surface area (Å²) in [5, 5.41) is 18.0. The number of unbranched alkanes of at least 4 members (excludes halogenated alkanes) is 1. The van der Waals surface area contributed by atoms with E-state index in [4.69, 9.17) is 23.7 Å². The van der Waals surface area contributed by atoms with Crippen molar-refractivity contribution in [3.8, 4) is 11.1 Å². The summed E-state index contributed by atoms with van der Waals surface area (Å²) in [6, 6.07) is 22.1. The predicted molar refractivity (Wildman–Crippen MR) is 217 cm³/mol. The van der Waals surface area contributed by atoms with Crippen molar-refractivity contribution in [3.05, 3.63) is 89.5 Å². The van der Waals surface area contributed by atoms with E-state index in [-0.39, 0.29) is 62.1 Å². The lowest BCUT2D eigenvalue weighted by Crippen LogP contribution is -2.46. The third-order valence-corrected chi connectivity index (χ3v) is 9.80. The van der Waals surface area contributed by atoms with Crippen LogP contribution >= 0.6 is 0 Å². The zero-order valence-corrected chi connectivity index (χ0v) is 33.5. The number of methoxy groups -OCH3 is 1. The molecule has 1 aliphatic rings. The molecule has 0 aromatic heterocycles. The minimum absolute atomic E-state index is 0.0959. The maximum atomic E-state index is 13.8. The molecule has 57 heavy (non-hydrogen) atoms. The summed E-state index contributed by atoms with van der Waals surface area (Å²) >= 11 is 0. The van der Waals surface area contributed by atoms with Crippen molar-refractivity contribution in [2.45, 2.75) is 64.5 Å². The van der Waals surface area contributed by atoms with Gasteiger partial charge in [-0.05, 0) is 58.7 Å². The molecule has 0 heterocycles. The number of hydrogen-bond acceptors (Lipinski definition) is 10. The van der Waals surface area contributed by atoms with Crippen molar-refractivity contribution in [1.29, 1.82) is 0 Å². The summed E-state index contributed by atoms with van der Waals surface area (Å²) in [5.41, 5.74) is 5.66. The summed E-state index contributed by atoms with van der Waals surface area (Å²) < 4.78 is 26.9. The monoisotopic (exact) mass is 789 g/mol. The van der Waals surface area contributed by atoms with Crippen LogP contribution in [-0.4, -0.2) is 101 Å². The van der Waals surface area contributed by atoms with E-state index in [2.05, 4.69) is 28.1 Å². The highest BCUT2D eigenvalue weighted by Crippen LogP contribution is 2.44. The second-order valence-corrected chi connectivity index (χ2v) is 14.3. The molecule has 3 amide bonds. The van der Waals surface area contributed by atoms with Gasteiger partial charge in [0.05, 0.1) is 58.9 Å². The first kappa shape index (κ1) is 45.0. The molecule has 3 aromatic carbocycles. The molecule has 0 saturated heterocycles. The van der Waals surface area contributed by atoms with Crippen LogP contribution in [0.5, 0.6) is 0 Å². The molecule has 0 radical (unpaired) electrons. The largest absolute Gasteiger partial charge is 0.449 e. The van der Waals surface area contributed by atoms with E-state index in [9.17, 15) is 24.3 Å². The Morgan fingerprint density at radius 2 is 1.35 bits per heavy atom. The summed E-state index contributed by atoms with van der Waals surface area (Å²) in [6.07, 6.45) is 0.983. The van der Waals surface area contributed by atoms with Gasteiger partial charge in [0.25, 0.3) is 0 Å². The second kappa shape index (κ2) is 24.9. The van der Waals surface area contributed by atoms with Crippen molar-refractivity contribution in [2.24, 2.45) is 11.8 Å². The number of rotatable bonds is 27. The third kappa shape index (κ3) is 15.0. The fourth-order valence-corrected chi connectivity index (χ4v) is 6.70. The number of fused-ring (bicyclic) bond motifs is 3.